The van der Waals surface area contributed by atoms with Crippen LogP contribution in [0, 0.1) is 6.92 Å². The Morgan fingerprint density at radius 2 is 1.00 bits per heavy atom. The maximum absolute atomic E-state index is 5.64. The van der Waals surface area contributed by atoms with Crippen molar-refractivity contribution in [2.45, 2.75) is 90.0 Å². The number of aryl methyl sites for hydroxylation is 1. The molecule has 4 N–H and O–H groups in total. The molecule has 0 saturated carbocycles. The lowest BCUT2D eigenvalue weighted by Crippen LogP contribution is -1.78. The van der Waals surface area contributed by atoms with Crippen LogP contribution in [-0.4, -0.2) is 9.97 Å². The lowest BCUT2D eigenvalue weighted by Gasteiger charge is -1.92. The van der Waals surface area contributed by atoms with Crippen LogP contribution in [0.3, 0.4) is 0 Å². The van der Waals surface area contributed by atoms with Crippen LogP contribution in [-0.2, 0) is 0 Å². The van der Waals surface area contributed by atoms with Gasteiger partial charge in [-0.2, -0.15) is 0 Å². The van der Waals surface area contributed by atoms with Crippen molar-refractivity contribution in [2.75, 3.05) is 5.73 Å². The van der Waals surface area contributed by atoms with Gasteiger partial charge in [0, 0.05) is 34.2 Å². The summed E-state index contributed by atoms with van der Waals surface area (Å²) in [6, 6.07) is 16.3. The van der Waals surface area contributed by atoms with Gasteiger partial charge in [0.2, 0.25) is 0 Å². The predicted molar refractivity (Wildman–Crippen MR) is 154 cm³/mol. The van der Waals surface area contributed by atoms with Gasteiger partial charge >= 0.3 is 0 Å². The first-order valence-corrected chi connectivity index (χ1v) is 12.6. The van der Waals surface area contributed by atoms with Gasteiger partial charge < -0.3 is 15.7 Å². The monoisotopic (exact) mass is 443 g/mol. The van der Waals surface area contributed by atoms with Gasteiger partial charge in [-0.25, -0.2) is 0 Å². The number of benzene rings is 2. The zero-order valence-corrected chi connectivity index (χ0v) is 23.4. The maximum atomic E-state index is 5.64. The van der Waals surface area contributed by atoms with Crippen LogP contribution in [0.4, 0.5) is 5.69 Å². The molecule has 2 heterocycles. The molecule has 0 fully saturated rings. The molecular weight excluding hydrogens is 390 g/mol. The number of hydrogen-bond donors (Lipinski definition) is 3. The number of H-pyrrole nitrogens is 2. The number of aromatic nitrogens is 2. The molecule has 0 amide bonds. The molecule has 0 aliphatic carbocycles. The highest BCUT2D eigenvalue weighted by atomic mass is 14.7. The Morgan fingerprint density at radius 3 is 1.50 bits per heavy atom. The number of aromatic amines is 2. The molecule has 2 aromatic heterocycles. The Balaban J connectivity index is -0.000000168. The number of nitrogens with two attached hydrogens (primary N) is 1. The summed E-state index contributed by atoms with van der Waals surface area (Å²) in [6.07, 6.45) is 3.78. The molecule has 3 nitrogen and oxygen atoms in total. The molecule has 32 heavy (non-hydrogen) atoms. The summed E-state index contributed by atoms with van der Waals surface area (Å²) < 4.78 is 0. The molecule has 4 rings (SSSR count). The van der Waals surface area contributed by atoms with Gasteiger partial charge in [0.15, 0.2) is 0 Å². The minimum atomic E-state index is 0.815. The number of para-hydroxylation sites is 1. The number of nitrogen functional groups attached to an aromatic ring is 1. The predicted octanol–water partition coefficient (Wildman–Crippen LogP) is 10.4. The van der Waals surface area contributed by atoms with Crippen molar-refractivity contribution in [1.82, 2.24) is 9.97 Å². The van der Waals surface area contributed by atoms with E-state index in [2.05, 4.69) is 41.2 Å². The first kappa shape index (κ1) is 36.7. The third-order valence-electron chi connectivity index (χ3n) is 3.43. The van der Waals surface area contributed by atoms with Crippen molar-refractivity contribution in [3.63, 3.8) is 0 Å². The summed E-state index contributed by atoms with van der Waals surface area (Å²) in [5, 5.41) is 2.42. The van der Waals surface area contributed by atoms with E-state index in [4.69, 9.17) is 5.73 Å². The van der Waals surface area contributed by atoms with Gasteiger partial charge in [-0.05, 0) is 30.7 Å². The summed E-state index contributed by atoms with van der Waals surface area (Å²) in [5.74, 6) is 0. The summed E-state index contributed by atoms with van der Waals surface area (Å²) in [5.41, 5.74) is 10.1. The molecule has 0 saturated heterocycles. The highest BCUT2D eigenvalue weighted by Crippen LogP contribution is 2.18. The van der Waals surface area contributed by atoms with Gasteiger partial charge in [0.1, 0.15) is 0 Å². The van der Waals surface area contributed by atoms with Gasteiger partial charge in [-0.3, -0.25) is 0 Å². The summed E-state index contributed by atoms with van der Waals surface area (Å²) in [7, 11) is 0. The Kier molecular flexibility index (Phi) is 32.5. The fraction of sp³-hybridized carbons (Fsp3) is 0.448. The van der Waals surface area contributed by atoms with E-state index in [-0.39, 0.29) is 0 Å². The molecular formula is C29H53N3. The molecule has 0 spiro atoms. The van der Waals surface area contributed by atoms with Crippen LogP contribution in [0.15, 0.2) is 60.9 Å². The van der Waals surface area contributed by atoms with E-state index in [1.807, 2.05) is 120 Å². The number of rotatable bonds is 0. The Labute approximate surface area is 199 Å². The van der Waals surface area contributed by atoms with Crippen LogP contribution >= 0.6 is 0 Å². The molecule has 3 heteroatoms. The Hall–Kier alpha value is -2.68. The maximum Gasteiger partial charge on any atom is 0.0571 e. The fourth-order valence-electron chi connectivity index (χ4n) is 2.34. The van der Waals surface area contributed by atoms with E-state index in [0.29, 0.717) is 0 Å². The second kappa shape index (κ2) is 28.3. The molecule has 0 aliphatic rings. The van der Waals surface area contributed by atoms with Crippen LogP contribution in [0.1, 0.15) is 88.6 Å². The summed E-state index contributed by atoms with van der Waals surface area (Å²) in [4.78, 5) is 6.22. The van der Waals surface area contributed by atoms with Crippen LogP contribution in [0.25, 0.3) is 21.8 Å². The average Bonchev–Trinajstić information content (AvgIpc) is 3.55. The average molecular weight is 444 g/mol. The van der Waals surface area contributed by atoms with Crippen LogP contribution in [0.5, 0.6) is 0 Å². The number of anilines is 1. The normalized spacial score (nSPS) is 7.66. The first-order chi connectivity index (χ1) is 15.8. The Morgan fingerprint density at radius 1 is 0.531 bits per heavy atom. The Bertz CT molecular complexity index is 835. The fourth-order valence-corrected chi connectivity index (χ4v) is 2.34. The van der Waals surface area contributed by atoms with Crippen LogP contribution in [0.2, 0.25) is 0 Å². The van der Waals surface area contributed by atoms with E-state index < -0.39 is 0 Å². The number of nitrogens with one attached hydrogen (secondary N) is 2. The highest BCUT2D eigenvalue weighted by molar-refractivity contribution is 5.90. The lowest BCUT2D eigenvalue weighted by atomic mass is 10.1. The van der Waals surface area contributed by atoms with Gasteiger partial charge in [0.25, 0.3) is 0 Å². The zero-order valence-electron chi connectivity index (χ0n) is 23.4. The quantitative estimate of drug-likeness (QED) is 0.249. The largest absolute Gasteiger partial charge is 0.397 e. The van der Waals surface area contributed by atoms with Crippen molar-refractivity contribution in [3.05, 3.63) is 66.5 Å². The van der Waals surface area contributed by atoms with Crippen molar-refractivity contribution in [3.8, 4) is 0 Å². The molecule has 0 radical (unpaired) electrons. The van der Waals surface area contributed by atoms with Crippen LogP contribution < -0.4 is 5.73 Å². The molecule has 2 aromatic carbocycles. The van der Waals surface area contributed by atoms with Crippen molar-refractivity contribution >= 4 is 27.5 Å². The van der Waals surface area contributed by atoms with Crippen molar-refractivity contribution in [2.24, 2.45) is 0 Å². The molecule has 184 valence electrons. The molecule has 0 bridgehead atoms. The zero-order chi connectivity index (χ0) is 25.9. The minimum Gasteiger partial charge on any atom is -0.397 e. The lowest BCUT2D eigenvalue weighted by molar-refractivity contribution is 1.47. The minimum absolute atomic E-state index is 0.815. The number of fused-ring (bicyclic) bond motifs is 2. The van der Waals surface area contributed by atoms with E-state index in [1.54, 1.807) is 0 Å². The van der Waals surface area contributed by atoms with Gasteiger partial charge in [-0.1, -0.05) is 113 Å². The first-order valence-electron chi connectivity index (χ1n) is 12.6. The van der Waals surface area contributed by atoms with Crippen molar-refractivity contribution in [1.29, 1.82) is 0 Å². The van der Waals surface area contributed by atoms with E-state index in [0.717, 1.165) is 16.6 Å². The molecule has 0 atom stereocenters. The van der Waals surface area contributed by atoms with E-state index in [1.165, 1.54) is 16.5 Å². The number of hydrogen-bond acceptors (Lipinski definition) is 1. The third kappa shape index (κ3) is 13.6. The second-order valence-corrected chi connectivity index (χ2v) is 4.80. The van der Waals surface area contributed by atoms with Gasteiger partial charge in [-0.15, -0.1) is 0 Å². The van der Waals surface area contributed by atoms with E-state index >= 15 is 0 Å². The smallest absolute Gasteiger partial charge is 0.0571 e. The molecule has 4 aromatic rings. The standard InChI is InChI=1S/C9H9N.C8H8N2.6C2H6/c1-7-3-2-4-9-8(7)5-6-10-9;9-7-5-10-8-4-2-1-3-6(7)8;6*1-2/h2-6,10H,1H3;1-5,10H,9H2;6*1-2H3. The van der Waals surface area contributed by atoms with Gasteiger partial charge in [0.05, 0.1) is 5.69 Å². The summed E-state index contributed by atoms with van der Waals surface area (Å²) in [6.45, 7) is 26.1. The summed E-state index contributed by atoms with van der Waals surface area (Å²) >= 11 is 0. The SMILES string of the molecule is CC.CC.CC.CC.CC.CC.Cc1cccc2[nH]ccc12.Nc1c[nH]c2ccccc12. The molecule has 0 aliphatic heterocycles. The highest BCUT2D eigenvalue weighted by Gasteiger charge is 1.95. The van der Waals surface area contributed by atoms with Crippen molar-refractivity contribution < 1.29 is 0 Å². The second-order valence-electron chi connectivity index (χ2n) is 4.80. The molecule has 0 unspecified atom stereocenters. The topological polar surface area (TPSA) is 57.6 Å². The van der Waals surface area contributed by atoms with E-state index in [9.17, 15) is 0 Å². The third-order valence-corrected chi connectivity index (χ3v) is 3.43.